The summed E-state index contributed by atoms with van der Waals surface area (Å²) in [6.07, 6.45) is -3.44. The molecule has 0 atom stereocenters. The number of hydrogen-bond donors (Lipinski definition) is 2. The highest BCUT2D eigenvalue weighted by atomic mass is 19.3. The van der Waals surface area contributed by atoms with Gasteiger partial charge in [-0.15, -0.1) is 0 Å². The largest absolute Gasteiger partial charge is 0.366 e. The van der Waals surface area contributed by atoms with Gasteiger partial charge in [0.1, 0.15) is 11.5 Å². The number of alkyl halides is 2. The number of nitrogens with two attached hydrogens (primary N) is 1. The van der Waals surface area contributed by atoms with E-state index in [1.165, 1.54) is 5.32 Å². The third-order valence-corrected chi connectivity index (χ3v) is 1.80. The number of primary amides is 1. The van der Waals surface area contributed by atoms with E-state index in [0.29, 0.717) is 6.07 Å². The Morgan fingerprint density at radius 2 is 1.82 bits per heavy atom. The molecule has 0 saturated heterocycles. The molecule has 0 aliphatic heterocycles. The minimum Gasteiger partial charge on any atom is -0.366 e. The number of halogens is 4. The molecule has 8 heteroatoms. The number of hydrogen-bond acceptors (Lipinski definition) is 2. The van der Waals surface area contributed by atoms with Gasteiger partial charge in [0.2, 0.25) is 0 Å². The first-order chi connectivity index (χ1) is 7.84. The van der Waals surface area contributed by atoms with E-state index in [9.17, 15) is 27.2 Å². The quantitative estimate of drug-likeness (QED) is 0.793. The molecule has 3 N–H and O–H groups in total. The maximum Gasteiger partial charge on any atom is 0.315 e. The highest BCUT2D eigenvalue weighted by Gasteiger charge is 2.22. The van der Waals surface area contributed by atoms with Gasteiger partial charge in [-0.3, -0.25) is 9.59 Å². The van der Waals surface area contributed by atoms with Crippen molar-refractivity contribution in [3.63, 3.8) is 0 Å². The normalized spacial score (nSPS) is 10.4. The lowest BCUT2D eigenvalue weighted by atomic mass is 10.1. The van der Waals surface area contributed by atoms with Gasteiger partial charge in [-0.1, -0.05) is 0 Å². The molecule has 0 aliphatic carbocycles. The van der Waals surface area contributed by atoms with E-state index in [4.69, 9.17) is 5.73 Å². The summed E-state index contributed by atoms with van der Waals surface area (Å²) in [5.74, 6) is -5.88. The number of carbonyl (C=O) groups is 2. The third kappa shape index (κ3) is 2.71. The van der Waals surface area contributed by atoms with E-state index in [1.54, 1.807) is 0 Å². The maximum atomic E-state index is 13.4. The van der Waals surface area contributed by atoms with Crippen LogP contribution >= 0.6 is 0 Å². The minimum absolute atomic E-state index is 0.629. The van der Waals surface area contributed by atoms with Crippen molar-refractivity contribution in [2.75, 3.05) is 5.32 Å². The molecule has 0 aliphatic rings. The molecule has 1 aromatic carbocycles. The fourth-order valence-electron chi connectivity index (χ4n) is 1.04. The van der Waals surface area contributed by atoms with Crippen molar-refractivity contribution in [3.8, 4) is 0 Å². The molecule has 1 rings (SSSR count). The van der Waals surface area contributed by atoms with Gasteiger partial charge in [-0.05, 0) is 12.1 Å². The van der Waals surface area contributed by atoms with Gasteiger partial charge in [0, 0.05) is 0 Å². The molecule has 1 aromatic rings. The molecule has 92 valence electrons. The second-order valence-corrected chi connectivity index (χ2v) is 2.94. The summed E-state index contributed by atoms with van der Waals surface area (Å²) in [6.45, 7) is 0. The van der Waals surface area contributed by atoms with Crippen LogP contribution in [0.5, 0.6) is 0 Å². The Bertz CT molecular complexity index is 476. The molecule has 2 amide bonds. The van der Waals surface area contributed by atoms with Crippen molar-refractivity contribution in [2.45, 2.75) is 6.43 Å². The van der Waals surface area contributed by atoms with Crippen LogP contribution in [-0.2, 0) is 4.79 Å². The van der Waals surface area contributed by atoms with E-state index >= 15 is 0 Å². The van der Waals surface area contributed by atoms with Gasteiger partial charge in [0.05, 0.1) is 5.56 Å². The topological polar surface area (TPSA) is 72.2 Å². The van der Waals surface area contributed by atoms with Crippen molar-refractivity contribution in [3.05, 3.63) is 29.3 Å². The Kier molecular flexibility index (Phi) is 3.66. The molecule has 0 aromatic heterocycles. The number of rotatable bonds is 3. The summed E-state index contributed by atoms with van der Waals surface area (Å²) < 4.78 is 50.2. The lowest BCUT2D eigenvalue weighted by Gasteiger charge is -2.08. The lowest BCUT2D eigenvalue weighted by molar-refractivity contribution is -0.126. The molecule has 0 spiro atoms. The average Bonchev–Trinajstić information content (AvgIpc) is 2.22. The number of nitrogens with one attached hydrogen (secondary N) is 1. The van der Waals surface area contributed by atoms with Crippen LogP contribution in [0.4, 0.5) is 23.2 Å². The zero-order chi connectivity index (χ0) is 13.2. The summed E-state index contributed by atoms with van der Waals surface area (Å²) in [7, 11) is 0. The van der Waals surface area contributed by atoms with E-state index in [0.717, 1.165) is 6.07 Å². The highest BCUT2D eigenvalue weighted by Crippen LogP contribution is 2.22. The van der Waals surface area contributed by atoms with E-state index < -0.39 is 41.1 Å². The summed E-state index contributed by atoms with van der Waals surface area (Å²) in [4.78, 5) is 21.3. The Labute approximate surface area is 92.4 Å². The first kappa shape index (κ1) is 12.9. The van der Waals surface area contributed by atoms with Crippen LogP contribution < -0.4 is 11.1 Å². The van der Waals surface area contributed by atoms with E-state index in [1.807, 2.05) is 0 Å². The highest BCUT2D eigenvalue weighted by molar-refractivity contribution is 5.97. The fraction of sp³-hybridized carbons (Fsp3) is 0.111. The van der Waals surface area contributed by atoms with Crippen LogP contribution in [0.2, 0.25) is 0 Å². The molecule has 4 nitrogen and oxygen atoms in total. The molecule has 0 unspecified atom stereocenters. The lowest BCUT2D eigenvalue weighted by Crippen LogP contribution is -2.23. The third-order valence-electron chi connectivity index (χ3n) is 1.80. The van der Waals surface area contributed by atoms with Crippen LogP contribution in [0.3, 0.4) is 0 Å². The van der Waals surface area contributed by atoms with Crippen LogP contribution in [0.1, 0.15) is 10.4 Å². The summed E-state index contributed by atoms with van der Waals surface area (Å²) in [5, 5.41) is 1.33. The second-order valence-electron chi connectivity index (χ2n) is 2.94. The summed E-state index contributed by atoms with van der Waals surface area (Å²) in [6, 6.07) is 1.37. The SMILES string of the molecule is NC(=O)c1ccc(F)c(NC(=O)C(F)F)c1F. The zero-order valence-electron chi connectivity index (χ0n) is 8.14. The average molecular weight is 250 g/mol. The number of benzene rings is 1. The van der Waals surface area contributed by atoms with Crippen LogP contribution in [-0.4, -0.2) is 18.2 Å². The van der Waals surface area contributed by atoms with Crippen molar-refractivity contribution in [2.24, 2.45) is 5.73 Å². The second kappa shape index (κ2) is 4.81. The van der Waals surface area contributed by atoms with E-state index in [-0.39, 0.29) is 0 Å². The minimum atomic E-state index is -3.44. The Balaban J connectivity index is 3.19. The molecule has 0 bridgehead atoms. The molecule has 0 radical (unpaired) electrons. The summed E-state index contributed by atoms with van der Waals surface area (Å²) in [5.41, 5.74) is 2.92. The maximum absolute atomic E-state index is 13.4. The van der Waals surface area contributed by atoms with Crippen molar-refractivity contribution in [1.29, 1.82) is 0 Å². The van der Waals surface area contributed by atoms with Gasteiger partial charge in [-0.25, -0.2) is 8.78 Å². The molecule has 0 heterocycles. The van der Waals surface area contributed by atoms with E-state index in [2.05, 4.69) is 0 Å². The predicted octanol–water partition coefficient (Wildman–Crippen LogP) is 1.27. The van der Waals surface area contributed by atoms with Crippen LogP contribution in [0.15, 0.2) is 12.1 Å². The standard InChI is InChI=1S/C9H6F4N2O2/c10-4-2-1-3(8(14)16)5(11)6(4)15-9(17)7(12)13/h1-2,7H,(H2,14,16)(H,15,17). The van der Waals surface area contributed by atoms with Crippen LogP contribution in [0.25, 0.3) is 0 Å². The van der Waals surface area contributed by atoms with Gasteiger partial charge in [0.15, 0.2) is 5.82 Å². The fourth-order valence-corrected chi connectivity index (χ4v) is 1.04. The molecule has 0 saturated carbocycles. The number of anilines is 1. The molecule has 17 heavy (non-hydrogen) atoms. The van der Waals surface area contributed by atoms with Gasteiger partial charge in [-0.2, -0.15) is 8.78 Å². The van der Waals surface area contributed by atoms with Crippen LogP contribution in [0, 0.1) is 11.6 Å². The monoisotopic (exact) mass is 250 g/mol. The number of amides is 2. The Morgan fingerprint density at radius 3 is 2.29 bits per heavy atom. The van der Waals surface area contributed by atoms with Crippen molar-refractivity contribution >= 4 is 17.5 Å². The smallest absolute Gasteiger partial charge is 0.315 e. The zero-order valence-corrected chi connectivity index (χ0v) is 8.14. The predicted molar refractivity (Wildman–Crippen MR) is 49.5 cm³/mol. The molecular formula is C9H6F4N2O2. The number of carbonyl (C=O) groups excluding carboxylic acids is 2. The van der Waals surface area contributed by atoms with Crippen molar-refractivity contribution in [1.82, 2.24) is 0 Å². The van der Waals surface area contributed by atoms with Gasteiger partial charge >= 0.3 is 6.43 Å². The molecule has 0 fully saturated rings. The Hall–Kier alpha value is -2.12. The first-order valence-corrected chi connectivity index (χ1v) is 4.21. The van der Waals surface area contributed by atoms with Gasteiger partial charge in [0.25, 0.3) is 11.8 Å². The van der Waals surface area contributed by atoms with Crippen molar-refractivity contribution < 1.29 is 27.2 Å². The Morgan fingerprint density at radius 1 is 1.24 bits per heavy atom. The first-order valence-electron chi connectivity index (χ1n) is 4.21. The van der Waals surface area contributed by atoms with Gasteiger partial charge < -0.3 is 11.1 Å². The summed E-state index contributed by atoms with van der Waals surface area (Å²) >= 11 is 0. The molecular weight excluding hydrogens is 244 g/mol.